The van der Waals surface area contributed by atoms with Crippen molar-refractivity contribution in [3.8, 4) is 17.2 Å². The molecule has 1 saturated carbocycles. The van der Waals surface area contributed by atoms with Crippen molar-refractivity contribution in [2.75, 3.05) is 39.7 Å². The average molecular weight is 357 g/mol. The molecule has 3 rings (SSSR count). The van der Waals surface area contributed by atoms with Gasteiger partial charge in [0, 0.05) is 23.7 Å². The zero-order valence-corrected chi connectivity index (χ0v) is 15.1. The fraction of sp³-hybridized carbons (Fsp3) is 0.588. The highest BCUT2D eigenvalue weighted by molar-refractivity contribution is 5.95. The van der Waals surface area contributed by atoms with Gasteiger partial charge in [0.2, 0.25) is 11.7 Å². The lowest BCUT2D eigenvalue weighted by molar-refractivity contribution is -0.118. The number of amides is 1. The molecule has 24 heavy (non-hydrogen) atoms. The predicted octanol–water partition coefficient (Wildman–Crippen LogP) is 2.46. The number of hydrogen-bond donors (Lipinski definition) is 2. The van der Waals surface area contributed by atoms with Crippen LogP contribution in [0.4, 0.5) is 5.69 Å². The lowest BCUT2D eigenvalue weighted by Crippen LogP contribution is -2.31. The largest absolute Gasteiger partial charge is 0.493 e. The Hall–Kier alpha value is -1.66. The summed E-state index contributed by atoms with van der Waals surface area (Å²) in [5.74, 6) is 1.79. The molecule has 0 radical (unpaired) electrons. The van der Waals surface area contributed by atoms with E-state index in [1.165, 1.54) is 0 Å². The summed E-state index contributed by atoms with van der Waals surface area (Å²) in [6.07, 6.45) is 3.16. The van der Waals surface area contributed by atoms with E-state index in [2.05, 4.69) is 10.6 Å². The van der Waals surface area contributed by atoms with Crippen LogP contribution in [0.5, 0.6) is 17.2 Å². The first-order valence-electron chi connectivity index (χ1n) is 7.95. The number of carbonyl (C=O) groups is 1. The van der Waals surface area contributed by atoms with Crippen molar-refractivity contribution in [3.63, 3.8) is 0 Å². The van der Waals surface area contributed by atoms with Gasteiger partial charge in [-0.15, -0.1) is 12.4 Å². The van der Waals surface area contributed by atoms with Gasteiger partial charge in [0.15, 0.2) is 11.5 Å². The van der Waals surface area contributed by atoms with Crippen molar-refractivity contribution in [1.82, 2.24) is 5.32 Å². The van der Waals surface area contributed by atoms with E-state index in [4.69, 9.17) is 14.2 Å². The number of ether oxygens (including phenoxy) is 3. The Balaban J connectivity index is 0.00000208. The van der Waals surface area contributed by atoms with E-state index < -0.39 is 0 Å². The van der Waals surface area contributed by atoms with E-state index in [9.17, 15) is 4.79 Å². The van der Waals surface area contributed by atoms with Crippen LogP contribution in [0.3, 0.4) is 0 Å². The van der Waals surface area contributed by atoms with Gasteiger partial charge >= 0.3 is 0 Å². The van der Waals surface area contributed by atoms with Gasteiger partial charge in [0.1, 0.15) is 0 Å². The van der Waals surface area contributed by atoms with Crippen LogP contribution in [0.25, 0.3) is 0 Å². The molecule has 0 bridgehead atoms. The Morgan fingerprint density at radius 1 is 1.12 bits per heavy atom. The molecule has 1 aromatic carbocycles. The van der Waals surface area contributed by atoms with Gasteiger partial charge in [0.25, 0.3) is 0 Å². The molecule has 1 aliphatic heterocycles. The minimum atomic E-state index is 0. The monoisotopic (exact) mass is 356 g/mol. The molecule has 1 atom stereocenters. The van der Waals surface area contributed by atoms with E-state index in [1.807, 2.05) is 0 Å². The molecule has 7 heteroatoms. The molecule has 2 fully saturated rings. The fourth-order valence-corrected chi connectivity index (χ4v) is 3.58. The lowest BCUT2D eigenvalue weighted by atomic mass is 9.92. The summed E-state index contributed by atoms with van der Waals surface area (Å²) in [4.78, 5) is 12.6. The lowest BCUT2D eigenvalue weighted by Gasteiger charge is -2.23. The van der Waals surface area contributed by atoms with Crippen molar-refractivity contribution in [2.24, 2.45) is 11.3 Å². The summed E-state index contributed by atoms with van der Waals surface area (Å²) in [7, 11) is 4.69. The number of carbonyl (C=O) groups excluding carboxylic acids is 1. The van der Waals surface area contributed by atoms with Gasteiger partial charge in [-0.1, -0.05) is 0 Å². The second-order valence-corrected chi connectivity index (χ2v) is 6.27. The van der Waals surface area contributed by atoms with Gasteiger partial charge in [-0.2, -0.15) is 0 Å². The van der Waals surface area contributed by atoms with Crippen molar-refractivity contribution in [3.05, 3.63) is 12.1 Å². The van der Waals surface area contributed by atoms with Crippen LogP contribution in [0.2, 0.25) is 0 Å². The Kier molecular flexibility index (Phi) is 5.83. The van der Waals surface area contributed by atoms with Gasteiger partial charge in [-0.3, -0.25) is 4.79 Å². The van der Waals surface area contributed by atoms with Crippen LogP contribution >= 0.6 is 12.4 Å². The molecule has 0 aromatic heterocycles. The summed E-state index contributed by atoms with van der Waals surface area (Å²) in [5.41, 5.74) is 0.885. The third-order valence-corrected chi connectivity index (χ3v) is 5.04. The van der Waals surface area contributed by atoms with Crippen LogP contribution in [0, 0.1) is 11.3 Å². The summed E-state index contributed by atoms with van der Waals surface area (Å²) in [6, 6.07) is 3.52. The fourth-order valence-electron chi connectivity index (χ4n) is 3.58. The SMILES string of the molecule is COc1cc(NC(=O)C2CC23CCNCC3)cc(OC)c1OC.Cl. The van der Waals surface area contributed by atoms with E-state index in [-0.39, 0.29) is 29.6 Å². The topological polar surface area (TPSA) is 68.8 Å². The zero-order valence-electron chi connectivity index (χ0n) is 14.3. The third kappa shape index (κ3) is 3.39. The summed E-state index contributed by atoms with van der Waals surface area (Å²) >= 11 is 0. The van der Waals surface area contributed by atoms with E-state index in [0.29, 0.717) is 22.9 Å². The highest BCUT2D eigenvalue weighted by Gasteiger charge is 2.57. The van der Waals surface area contributed by atoms with Crippen molar-refractivity contribution in [1.29, 1.82) is 0 Å². The smallest absolute Gasteiger partial charge is 0.228 e. The van der Waals surface area contributed by atoms with E-state index in [1.54, 1.807) is 33.5 Å². The van der Waals surface area contributed by atoms with E-state index in [0.717, 1.165) is 32.4 Å². The first kappa shape index (κ1) is 18.7. The molecular weight excluding hydrogens is 332 g/mol. The van der Waals surface area contributed by atoms with Crippen molar-refractivity contribution < 1.29 is 19.0 Å². The van der Waals surface area contributed by atoms with Gasteiger partial charge in [-0.05, 0) is 37.8 Å². The maximum Gasteiger partial charge on any atom is 0.228 e. The molecule has 1 aromatic rings. The van der Waals surface area contributed by atoms with Crippen LogP contribution < -0.4 is 24.8 Å². The van der Waals surface area contributed by atoms with Gasteiger partial charge < -0.3 is 24.8 Å². The highest BCUT2D eigenvalue weighted by Crippen LogP contribution is 2.58. The molecule has 1 unspecified atom stereocenters. The quantitative estimate of drug-likeness (QED) is 0.848. The zero-order chi connectivity index (χ0) is 16.4. The molecule has 2 aliphatic rings. The van der Waals surface area contributed by atoms with Crippen LogP contribution in [0.1, 0.15) is 19.3 Å². The minimum Gasteiger partial charge on any atom is -0.493 e. The normalized spacial score (nSPS) is 20.7. The number of anilines is 1. The molecule has 6 nitrogen and oxygen atoms in total. The minimum absolute atomic E-state index is 0. The summed E-state index contributed by atoms with van der Waals surface area (Å²) < 4.78 is 15.9. The number of methoxy groups -OCH3 is 3. The second kappa shape index (κ2) is 7.49. The molecule has 1 amide bonds. The van der Waals surface area contributed by atoms with Crippen molar-refractivity contribution >= 4 is 24.0 Å². The molecular formula is C17H25ClN2O4. The standard InChI is InChI=1S/C17H24N2O4.ClH/c1-21-13-8-11(9-14(22-2)15(13)23-3)19-16(20)12-10-17(12)4-6-18-7-5-17;/h8-9,12,18H,4-7,10H2,1-3H3,(H,19,20);1H. The Labute approximate surface area is 148 Å². The highest BCUT2D eigenvalue weighted by atomic mass is 35.5. The van der Waals surface area contributed by atoms with Crippen LogP contribution in [-0.4, -0.2) is 40.3 Å². The van der Waals surface area contributed by atoms with Crippen molar-refractivity contribution in [2.45, 2.75) is 19.3 Å². The average Bonchev–Trinajstić information content (AvgIpc) is 3.27. The maximum absolute atomic E-state index is 12.6. The number of nitrogens with one attached hydrogen (secondary N) is 2. The van der Waals surface area contributed by atoms with Crippen LogP contribution in [0.15, 0.2) is 12.1 Å². The second-order valence-electron chi connectivity index (χ2n) is 6.27. The Morgan fingerprint density at radius 2 is 1.71 bits per heavy atom. The maximum atomic E-state index is 12.6. The van der Waals surface area contributed by atoms with E-state index >= 15 is 0 Å². The summed E-state index contributed by atoms with van der Waals surface area (Å²) in [6.45, 7) is 2.02. The Morgan fingerprint density at radius 3 is 2.21 bits per heavy atom. The number of rotatable bonds is 5. The predicted molar refractivity (Wildman–Crippen MR) is 94.6 cm³/mol. The number of piperidine rings is 1. The Bertz CT molecular complexity index is 577. The molecule has 134 valence electrons. The number of halogens is 1. The van der Waals surface area contributed by atoms with Gasteiger partial charge in [0.05, 0.1) is 21.3 Å². The molecule has 1 heterocycles. The first-order chi connectivity index (χ1) is 11.1. The molecule has 2 N–H and O–H groups in total. The number of benzene rings is 1. The van der Waals surface area contributed by atoms with Crippen LogP contribution in [-0.2, 0) is 4.79 Å². The summed E-state index contributed by atoms with van der Waals surface area (Å²) in [5, 5.41) is 6.35. The molecule has 1 saturated heterocycles. The first-order valence-corrected chi connectivity index (χ1v) is 7.95. The van der Waals surface area contributed by atoms with Gasteiger partial charge in [-0.25, -0.2) is 0 Å². The molecule has 1 spiro atoms. The third-order valence-electron chi connectivity index (χ3n) is 5.04. The molecule has 1 aliphatic carbocycles. The number of hydrogen-bond acceptors (Lipinski definition) is 5.